The highest BCUT2D eigenvalue weighted by Crippen LogP contribution is 2.25. The average molecular weight is 576 g/mol. The highest BCUT2D eigenvalue weighted by molar-refractivity contribution is 9.10. The van der Waals surface area contributed by atoms with E-state index in [1.165, 1.54) is 4.68 Å². The smallest absolute Gasteiger partial charge is 0.378 e. The van der Waals surface area contributed by atoms with Crippen molar-refractivity contribution >= 4 is 55.2 Å². The highest BCUT2D eigenvalue weighted by atomic mass is 79.9. The standard InChI is InChI=1S/C23H14Br2ClN3O3/c24-16-6-4-14(5-7-16)20(30)13-32-23(31)21-27-22(15-2-1-3-18(26)12-15)29(28-21)19-10-8-17(25)9-11-19/h1-12H,13H2. The van der Waals surface area contributed by atoms with Crippen LogP contribution in [0.4, 0.5) is 0 Å². The number of aromatic nitrogens is 3. The molecule has 0 spiro atoms. The molecule has 0 radical (unpaired) electrons. The lowest BCUT2D eigenvalue weighted by molar-refractivity contribution is 0.0462. The fourth-order valence-electron chi connectivity index (χ4n) is 2.89. The maximum absolute atomic E-state index is 12.6. The lowest BCUT2D eigenvalue weighted by Gasteiger charge is -2.06. The number of nitrogens with zero attached hydrogens (tertiary/aromatic N) is 3. The number of halogens is 3. The molecular formula is C23H14Br2ClN3O3. The van der Waals surface area contributed by atoms with Crippen molar-refractivity contribution in [2.45, 2.75) is 0 Å². The molecule has 0 aliphatic heterocycles. The summed E-state index contributed by atoms with van der Waals surface area (Å²) < 4.78 is 8.47. The van der Waals surface area contributed by atoms with E-state index in [0.717, 1.165) is 8.95 Å². The van der Waals surface area contributed by atoms with E-state index in [2.05, 4.69) is 41.9 Å². The Balaban J connectivity index is 1.61. The third-order valence-corrected chi connectivity index (χ3v) is 5.74. The molecule has 9 heteroatoms. The van der Waals surface area contributed by atoms with Crippen LogP contribution in [0, 0.1) is 0 Å². The molecule has 0 aliphatic rings. The Kier molecular flexibility index (Phi) is 6.83. The van der Waals surface area contributed by atoms with Crippen LogP contribution in [0.2, 0.25) is 5.02 Å². The molecule has 0 saturated heterocycles. The van der Waals surface area contributed by atoms with E-state index >= 15 is 0 Å². The zero-order valence-corrected chi connectivity index (χ0v) is 20.3. The number of carbonyl (C=O) groups is 2. The number of esters is 1. The van der Waals surface area contributed by atoms with E-state index in [4.69, 9.17) is 16.3 Å². The number of hydrogen-bond donors (Lipinski definition) is 0. The van der Waals surface area contributed by atoms with Crippen LogP contribution in [0.1, 0.15) is 21.0 Å². The van der Waals surface area contributed by atoms with Crippen molar-refractivity contribution in [1.29, 1.82) is 0 Å². The predicted octanol–water partition coefficient (Wildman–Crippen LogP) is 6.15. The van der Waals surface area contributed by atoms with Gasteiger partial charge in [0.2, 0.25) is 0 Å². The minimum Gasteiger partial charge on any atom is -0.451 e. The summed E-state index contributed by atoms with van der Waals surface area (Å²) >= 11 is 12.9. The summed E-state index contributed by atoms with van der Waals surface area (Å²) in [6.07, 6.45) is 0. The van der Waals surface area contributed by atoms with Gasteiger partial charge in [0, 0.05) is 25.1 Å². The van der Waals surface area contributed by atoms with E-state index in [-0.39, 0.29) is 11.6 Å². The van der Waals surface area contributed by atoms with E-state index in [0.29, 0.717) is 27.7 Å². The van der Waals surface area contributed by atoms with Crippen LogP contribution in [-0.4, -0.2) is 33.1 Å². The van der Waals surface area contributed by atoms with Crippen molar-refractivity contribution in [3.05, 3.63) is 98.2 Å². The first kappa shape index (κ1) is 22.4. The van der Waals surface area contributed by atoms with Crippen LogP contribution in [0.25, 0.3) is 17.1 Å². The second-order valence-electron chi connectivity index (χ2n) is 6.66. The lowest BCUT2D eigenvalue weighted by atomic mass is 10.1. The molecule has 4 rings (SSSR count). The molecule has 0 aliphatic carbocycles. The Morgan fingerprint density at radius 2 is 1.59 bits per heavy atom. The molecule has 32 heavy (non-hydrogen) atoms. The number of rotatable bonds is 6. The minimum absolute atomic E-state index is 0.161. The Hall–Kier alpha value is -2.81. The maximum atomic E-state index is 12.6. The van der Waals surface area contributed by atoms with Crippen LogP contribution in [0.15, 0.2) is 81.7 Å². The number of Topliss-reactive ketones (excluding diaryl/α,β-unsaturated/α-hetero) is 1. The molecule has 4 aromatic rings. The summed E-state index contributed by atoms with van der Waals surface area (Å²) in [6, 6.07) is 21.2. The third kappa shape index (κ3) is 5.15. The summed E-state index contributed by atoms with van der Waals surface area (Å²) in [4.78, 5) is 29.3. The predicted molar refractivity (Wildman–Crippen MR) is 128 cm³/mol. The van der Waals surface area contributed by atoms with Gasteiger partial charge in [0.05, 0.1) is 5.69 Å². The van der Waals surface area contributed by atoms with Gasteiger partial charge in [-0.15, -0.1) is 5.10 Å². The number of carbonyl (C=O) groups excluding carboxylic acids is 2. The normalized spacial score (nSPS) is 10.7. The summed E-state index contributed by atoms with van der Waals surface area (Å²) in [7, 11) is 0. The first-order valence-electron chi connectivity index (χ1n) is 9.35. The maximum Gasteiger partial charge on any atom is 0.378 e. The summed E-state index contributed by atoms with van der Waals surface area (Å²) in [5, 5.41) is 4.86. The fraction of sp³-hybridized carbons (Fsp3) is 0.0435. The monoisotopic (exact) mass is 573 g/mol. The molecule has 0 bridgehead atoms. The molecule has 0 fully saturated rings. The van der Waals surface area contributed by atoms with Crippen LogP contribution in [-0.2, 0) is 4.74 Å². The van der Waals surface area contributed by atoms with E-state index in [1.54, 1.807) is 42.5 Å². The largest absolute Gasteiger partial charge is 0.451 e. The second-order valence-corrected chi connectivity index (χ2v) is 8.93. The summed E-state index contributed by atoms with van der Waals surface area (Å²) in [6.45, 7) is -0.417. The van der Waals surface area contributed by atoms with Crippen molar-refractivity contribution in [2.75, 3.05) is 6.61 Å². The van der Waals surface area contributed by atoms with Crippen molar-refractivity contribution in [3.8, 4) is 17.1 Å². The molecule has 1 heterocycles. The zero-order chi connectivity index (χ0) is 22.7. The first-order valence-corrected chi connectivity index (χ1v) is 11.3. The molecule has 160 valence electrons. The Bertz CT molecular complexity index is 1290. The number of ether oxygens (including phenoxy) is 1. The molecule has 3 aromatic carbocycles. The first-order chi connectivity index (χ1) is 15.4. The Labute approximate surface area is 205 Å². The summed E-state index contributed by atoms with van der Waals surface area (Å²) in [5.41, 5.74) is 1.81. The van der Waals surface area contributed by atoms with Crippen LogP contribution >= 0.6 is 43.5 Å². The Morgan fingerprint density at radius 3 is 2.25 bits per heavy atom. The molecule has 0 amide bonds. The lowest BCUT2D eigenvalue weighted by Crippen LogP contribution is -2.15. The van der Waals surface area contributed by atoms with Crippen molar-refractivity contribution in [3.63, 3.8) is 0 Å². The highest BCUT2D eigenvalue weighted by Gasteiger charge is 2.21. The molecule has 0 saturated carbocycles. The van der Waals surface area contributed by atoms with Crippen LogP contribution in [0.5, 0.6) is 0 Å². The zero-order valence-electron chi connectivity index (χ0n) is 16.3. The van der Waals surface area contributed by atoms with Crippen molar-refractivity contribution < 1.29 is 14.3 Å². The van der Waals surface area contributed by atoms with Crippen LogP contribution in [0.3, 0.4) is 0 Å². The van der Waals surface area contributed by atoms with Gasteiger partial charge in [-0.1, -0.05) is 67.7 Å². The molecule has 0 N–H and O–H groups in total. The van der Waals surface area contributed by atoms with Gasteiger partial charge in [0.25, 0.3) is 5.82 Å². The topological polar surface area (TPSA) is 74.1 Å². The van der Waals surface area contributed by atoms with Gasteiger partial charge in [0.15, 0.2) is 18.2 Å². The summed E-state index contributed by atoms with van der Waals surface area (Å²) in [5.74, 6) is -0.865. The van der Waals surface area contributed by atoms with Gasteiger partial charge in [-0.2, -0.15) is 0 Å². The van der Waals surface area contributed by atoms with Crippen molar-refractivity contribution in [1.82, 2.24) is 14.8 Å². The van der Waals surface area contributed by atoms with Gasteiger partial charge >= 0.3 is 5.97 Å². The van der Waals surface area contributed by atoms with E-state index < -0.39 is 12.6 Å². The van der Waals surface area contributed by atoms with Gasteiger partial charge in [-0.05, 0) is 48.5 Å². The quantitative estimate of drug-likeness (QED) is 0.204. The number of hydrogen-bond acceptors (Lipinski definition) is 5. The number of benzene rings is 3. The van der Waals surface area contributed by atoms with Gasteiger partial charge in [-0.25, -0.2) is 14.5 Å². The van der Waals surface area contributed by atoms with Gasteiger partial charge < -0.3 is 4.74 Å². The fourth-order valence-corrected chi connectivity index (χ4v) is 3.61. The van der Waals surface area contributed by atoms with E-state index in [9.17, 15) is 9.59 Å². The third-order valence-electron chi connectivity index (χ3n) is 4.44. The minimum atomic E-state index is -0.797. The van der Waals surface area contributed by atoms with Gasteiger partial charge in [-0.3, -0.25) is 4.79 Å². The second kappa shape index (κ2) is 9.77. The number of ketones is 1. The Morgan fingerprint density at radius 1 is 0.938 bits per heavy atom. The van der Waals surface area contributed by atoms with Crippen LogP contribution < -0.4 is 0 Å². The average Bonchev–Trinajstić information content (AvgIpc) is 3.24. The molecule has 0 unspecified atom stereocenters. The molecule has 0 atom stereocenters. The van der Waals surface area contributed by atoms with E-state index in [1.807, 2.05) is 30.3 Å². The SMILES string of the molecule is O=C(COC(=O)c1nc(-c2cccc(Cl)c2)n(-c2ccc(Br)cc2)n1)c1ccc(Br)cc1. The molecular weight excluding hydrogens is 562 g/mol. The van der Waals surface area contributed by atoms with Crippen molar-refractivity contribution in [2.24, 2.45) is 0 Å². The van der Waals surface area contributed by atoms with Gasteiger partial charge in [0.1, 0.15) is 0 Å². The molecule has 1 aromatic heterocycles. The molecule has 6 nitrogen and oxygen atoms in total.